The molecule has 11 heavy (non-hydrogen) atoms. The van der Waals surface area contributed by atoms with E-state index in [-0.39, 0.29) is 0 Å². The minimum absolute atomic E-state index is 0.605. The Morgan fingerprint density at radius 3 is 1.73 bits per heavy atom. The Balaban J connectivity index is 4.45. The molecule has 2 N–H and O–H groups in total. The summed E-state index contributed by atoms with van der Waals surface area (Å²) in [4.78, 5) is 0. The monoisotopic (exact) mass is 176 g/mol. The maximum atomic E-state index is 12.2. The van der Waals surface area contributed by atoms with Crippen molar-refractivity contribution >= 4 is 0 Å². The highest BCUT2D eigenvalue weighted by Gasteiger charge is 2.58. The predicted molar refractivity (Wildman–Crippen MR) is 28.4 cm³/mol. The van der Waals surface area contributed by atoms with Crippen molar-refractivity contribution in [3.8, 4) is 0 Å². The van der Waals surface area contributed by atoms with Gasteiger partial charge in [-0.05, 0) is 6.42 Å². The lowest BCUT2D eigenvalue weighted by atomic mass is 10.1. The molecule has 0 saturated heterocycles. The van der Waals surface area contributed by atoms with E-state index in [0.717, 1.165) is 6.92 Å². The lowest BCUT2D eigenvalue weighted by Gasteiger charge is -2.26. The fourth-order valence-electron chi connectivity index (χ4n) is 0.462. The predicted octanol–water partition coefficient (Wildman–Crippen LogP) is 0.978. The Labute approximate surface area is 60.4 Å². The summed E-state index contributed by atoms with van der Waals surface area (Å²) in [5, 5.41) is 16.4. The van der Waals surface area contributed by atoms with Crippen LogP contribution in [0.3, 0.4) is 0 Å². The van der Waals surface area contributed by atoms with Crippen LogP contribution in [0.15, 0.2) is 0 Å². The van der Waals surface area contributed by atoms with Gasteiger partial charge in [-0.15, -0.1) is 0 Å². The van der Waals surface area contributed by atoms with Crippen LogP contribution in [0, 0.1) is 0 Å². The molecule has 0 aliphatic heterocycles. The Morgan fingerprint density at radius 1 is 1.27 bits per heavy atom. The second kappa shape index (κ2) is 2.94. The molecule has 1 unspecified atom stereocenters. The van der Waals surface area contributed by atoms with Crippen molar-refractivity contribution in [3.63, 3.8) is 0 Å². The summed E-state index contributed by atoms with van der Waals surface area (Å²) in [5.41, 5.74) is 0. The van der Waals surface area contributed by atoms with Crippen molar-refractivity contribution in [1.82, 2.24) is 0 Å². The first kappa shape index (κ1) is 10.6. The van der Waals surface area contributed by atoms with Gasteiger partial charge in [0.25, 0.3) is 5.79 Å². The van der Waals surface area contributed by atoms with Crippen molar-refractivity contribution in [3.05, 3.63) is 0 Å². The van der Waals surface area contributed by atoms with Crippen LogP contribution in [0.4, 0.5) is 17.6 Å². The molecule has 0 spiro atoms. The normalized spacial score (nSPS) is 16.6. The molecular formula is C5H8F4O2. The zero-order valence-electron chi connectivity index (χ0n) is 5.69. The Morgan fingerprint density at radius 2 is 1.64 bits per heavy atom. The molecule has 0 fully saturated rings. The Hall–Kier alpha value is -0.360. The van der Waals surface area contributed by atoms with Gasteiger partial charge in [-0.1, -0.05) is 6.92 Å². The van der Waals surface area contributed by atoms with Crippen LogP contribution in [0.2, 0.25) is 0 Å². The number of aliphatic hydroxyl groups is 2. The lowest BCUT2D eigenvalue weighted by molar-refractivity contribution is -0.369. The van der Waals surface area contributed by atoms with Crippen LogP contribution in [-0.4, -0.2) is 28.3 Å². The van der Waals surface area contributed by atoms with E-state index >= 15 is 0 Å². The van der Waals surface area contributed by atoms with Crippen LogP contribution in [0.25, 0.3) is 0 Å². The first-order valence-electron chi connectivity index (χ1n) is 2.89. The molecule has 0 rings (SSSR count). The molecular weight excluding hydrogens is 168 g/mol. The molecule has 1 atom stereocenters. The smallest absolute Gasteiger partial charge is 0.356 e. The fourth-order valence-corrected chi connectivity index (χ4v) is 0.462. The average Bonchev–Trinajstić information content (AvgIpc) is 1.83. The Kier molecular flexibility index (Phi) is 2.85. The van der Waals surface area contributed by atoms with Gasteiger partial charge in [-0.25, -0.2) is 4.39 Å². The largest absolute Gasteiger partial charge is 0.446 e. The number of hydrogen-bond donors (Lipinski definition) is 2. The summed E-state index contributed by atoms with van der Waals surface area (Å²) < 4.78 is 46.8. The quantitative estimate of drug-likeness (QED) is 0.486. The van der Waals surface area contributed by atoms with Gasteiger partial charge in [-0.3, -0.25) is 0 Å². The molecule has 6 heteroatoms. The molecule has 0 aromatic rings. The molecule has 0 saturated carbocycles. The van der Waals surface area contributed by atoms with Gasteiger partial charge in [0, 0.05) is 0 Å². The maximum Gasteiger partial charge on any atom is 0.446 e. The number of halogens is 4. The second-order valence-electron chi connectivity index (χ2n) is 2.10. The van der Waals surface area contributed by atoms with E-state index in [2.05, 4.69) is 0 Å². The summed E-state index contributed by atoms with van der Waals surface area (Å²) >= 11 is 0. The highest BCUT2D eigenvalue weighted by atomic mass is 19.4. The SMILES string of the molecule is CCC(F)C(O)(O)C(F)(F)F. The topological polar surface area (TPSA) is 40.5 Å². The summed E-state index contributed by atoms with van der Waals surface area (Å²) in [6.07, 6.45) is -8.66. The molecule has 0 aromatic carbocycles. The van der Waals surface area contributed by atoms with E-state index in [1.807, 2.05) is 0 Å². The van der Waals surface area contributed by atoms with Crippen molar-refractivity contribution in [1.29, 1.82) is 0 Å². The van der Waals surface area contributed by atoms with E-state index < -0.39 is 24.6 Å². The van der Waals surface area contributed by atoms with E-state index in [1.165, 1.54) is 0 Å². The average molecular weight is 176 g/mol. The van der Waals surface area contributed by atoms with E-state index in [9.17, 15) is 17.6 Å². The first-order valence-corrected chi connectivity index (χ1v) is 2.89. The fraction of sp³-hybridized carbons (Fsp3) is 1.00. The van der Waals surface area contributed by atoms with Gasteiger partial charge in [0.1, 0.15) is 0 Å². The molecule has 0 aliphatic rings. The van der Waals surface area contributed by atoms with Crippen LogP contribution >= 0.6 is 0 Å². The zero-order chi connectivity index (χ0) is 9.28. The lowest BCUT2D eigenvalue weighted by Crippen LogP contribution is -2.52. The molecule has 2 nitrogen and oxygen atoms in total. The van der Waals surface area contributed by atoms with Crippen molar-refractivity contribution in [2.24, 2.45) is 0 Å². The molecule has 0 aromatic heterocycles. The third kappa shape index (κ3) is 2.03. The van der Waals surface area contributed by atoms with Crippen LogP contribution in [-0.2, 0) is 0 Å². The van der Waals surface area contributed by atoms with Crippen molar-refractivity contribution in [2.45, 2.75) is 31.5 Å². The molecule has 0 radical (unpaired) electrons. The summed E-state index contributed by atoms with van der Waals surface area (Å²) in [5.74, 6) is -4.22. The Bertz CT molecular complexity index is 131. The molecule has 0 heterocycles. The van der Waals surface area contributed by atoms with Crippen LogP contribution < -0.4 is 0 Å². The van der Waals surface area contributed by atoms with Gasteiger partial charge in [0.05, 0.1) is 0 Å². The highest BCUT2D eigenvalue weighted by Crippen LogP contribution is 2.33. The van der Waals surface area contributed by atoms with Gasteiger partial charge in [-0.2, -0.15) is 13.2 Å². The third-order valence-electron chi connectivity index (χ3n) is 1.21. The van der Waals surface area contributed by atoms with E-state index in [4.69, 9.17) is 10.2 Å². The van der Waals surface area contributed by atoms with Gasteiger partial charge in [0.2, 0.25) is 0 Å². The van der Waals surface area contributed by atoms with Crippen LogP contribution in [0.5, 0.6) is 0 Å². The first-order chi connectivity index (χ1) is 4.73. The van der Waals surface area contributed by atoms with Gasteiger partial charge in [0.15, 0.2) is 6.17 Å². The second-order valence-corrected chi connectivity index (χ2v) is 2.10. The highest BCUT2D eigenvalue weighted by molar-refractivity contribution is 4.81. The minimum atomic E-state index is -5.34. The molecule has 0 amide bonds. The molecule has 0 aliphatic carbocycles. The molecule has 0 bridgehead atoms. The number of alkyl halides is 4. The summed E-state index contributed by atoms with van der Waals surface area (Å²) in [6.45, 7) is 1.08. The summed E-state index contributed by atoms with van der Waals surface area (Å²) in [6, 6.07) is 0. The number of hydrogen-bond acceptors (Lipinski definition) is 2. The van der Waals surface area contributed by atoms with Crippen molar-refractivity contribution < 1.29 is 27.8 Å². The number of rotatable bonds is 2. The standard InChI is InChI=1S/C5H8F4O2/c1-2-3(6)4(10,11)5(7,8)9/h3,10-11H,2H2,1H3. The molecule has 68 valence electrons. The van der Waals surface area contributed by atoms with Gasteiger partial charge < -0.3 is 10.2 Å². The summed E-state index contributed by atoms with van der Waals surface area (Å²) in [7, 11) is 0. The van der Waals surface area contributed by atoms with E-state index in [0.29, 0.717) is 0 Å². The zero-order valence-corrected chi connectivity index (χ0v) is 5.69. The van der Waals surface area contributed by atoms with Crippen LogP contribution in [0.1, 0.15) is 13.3 Å². The maximum absolute atomic E-state index is 12.2. The van der Waals surface area contributed by atoms with Crippen molar-refractivity contribution in [2.75, 3.05) is 0 Å². The minimum Gasteiger partial charge on any atom is -0.356 e. The van der Waals surface area contributed by atoms with E-state index in [1.54, 1.807) is 0 Å². The van der Waals surface area contributed by atoms with Gasteiger partial charge >= 0.3 is 6.18 Å². The third-order valence-corrected chi connectivity index (χ3v) is 1.21.